The van der Waals surface area contributed by atoms with Gasteiger partial charge in [0.2, 0.25) is 0 Å². The van der Waals surface area contributed by atoms with Crippen LogP contribution in [-0.4, -0.2) is 6.54 Å². The summed E-state index contributed by atoms with van der Waals surface area (Å²) in [5, 5.41) is 3.26. The van der Waals surface area contributed by atoms with Gasteiger partial charge in [-0.05, 0) is 36.9 Å². The predicted molar refractivity (Wildman–Crippen MR) is 74.8 cm³/mol. The van der Waals surface area contributed by atoms with Gasteiger partial charge in [0.05, 0.1) is 0 Å². The van der Waals surface area contributed by atoms with Gasteiger partial charge in [0.25, 0.3) is 0 Å². The molecule has 0 unspecified atom stereocenters. The summed E-state index contributed by atoms with van der Waals surface area (Å²) in [6, 6.07) is 9.04. The fourth-order valence-corrected chi connectivity index (χ4v) is 2.91. The van der Waals surface area contributed by atoms with E-state index in [9.17, 15) is 4.39 Å². The van der Waals surface area contributed by atoms with Crippen LogP contribution in [0.15, 0.2) is 34.8 Å². The highest BCUT2D eigenvalue weighted by molar-refractivity contribution is 9.10. The largest absolute Gasteiger partial charge is 0.312 e. The van der Waals surface area contributed by atoms with E-state index in [1.807, 2.05) is 18.2 Å². The Kier molecular flexibility index (Phi) is 4.31. The fourth-order valence-electron chi connectivity index (χ4n) is 1.55. The Morgan fingerprint density at radius 3 is 2.88 bits per heavy atom. The van der Waals surface area contributed by atoms with Crippen LogP contribution in [0.2, 0.25) is 0 Å². The van der Waals surface area contributed by atoms with Crippen molar-refractivity contribution < 1.29 is 4.39 Å². The van der Waals surface area contributed by atoms with Crippen LogP contribution in [0.4, 0.5) is 4.39 Å². The molecule has 90 valence electrons. The Morgan fingerprint density at radius 1 is 1.29 bits per heavy atom. The first kappa shape index (κ1) is 12.7. The average molecular weight is 314 g/mol. The standard InChI is InChI=1S/C13H13BrFNS/c1-2-16-8-10-4-6-13(17-10)11-7-9(14)3-5-12(11)15/h3-7,16H,2,8H2,1H3. The van der Waals surface area contributed by atoms with Crippen LogP contribution in [0.3, 0.4) is 0 Å². The first-order chi connectivity index (χ1) is 8.20. The number of hydrogen-bond donors (Lipinski definition) is 1. The molecule has 0 radical (unpaired) electrons. The molecule has 0 spiro atoms. The molecule has 1 heterocycles. The lowest BCUT2D eigenvalue weighted by atomic mass is 10.2. The molecule has 0 bridgehead atoms. The second kappa shape index (κ2) is 5.76. The summed E-state index contributed by atoms with van der Waals surface area (Å²) in [7, 11) is 0. The normalized spacial score (nSPS) is 10.8. The van der Waals surface area contributed by atoms with Gasteiger partial charge in [0.15, 0.2) is 0 Å². The maximum Gasteiger partial charge on any atom is 0.131 e. The molecule has 0 amide bonds. The quantitative estimate of drug-likeness (QED) is 0.880. The third-order valence-electron chi connectivity index (χ3n) is 2.40. The summed E-state index contributed by atoms with van der Waals surface area (Å²) in [6.45, 7) is 3.86. The van der Waals surface area contributed by atoms with Gasteiger partial charge in [-0.2, -0.15) is 0 Å². The van der Waals surface area contributed by atoms with Crippen molar-refractivity contribution in [3.8, 4) is 10.4 Å². The topological polar surface area (TPSA) is 12.0 Å². The maximum atomic E-state index is 13.7. The molecule has 0 saturated carbocycles. The fraction of sp³-hybridized carbons (Fsp3) is 0.231. The van der Waals surface area contributed by atoms with Crippen molar-refractivity contribution in [2.45, 2.75) is 13.5 Å². The zero-order valence-corrected chi connectivity index (χ0v) is 11.9. The first-order valence-electron chi connectivity index (χ1n) is 5.45. The van der Waals surface area contributed by atoms with Crippen LogP contribution >= 0.6 is 27.3 Å². The molecular weight excluding hydrogens is 301 g/mol. The Hall–Kier alpha value is -0.710. The van der Waals surface area contributed by atoms with Gasteiger partial charge in [-0.3, -0.25) is 0 Å². The van der Waals surface area contributed by atoms with Crippen molar-refractivity contribution in [2.75, 3.05) is 6.54 Å². The zero-order valence-electron chi connectivity index (χ0n) is 9.47. The van der Waals surface area contributed by atoms with Crippen molar-refractivity contribution >= 4 is 27.3 Å². The van der Waals surface area contributed by atoms with Gasteiger partial charge in [-0.1, -0.05) is 22.9 Å². The lowest BCUT2D eigenvalue weighted by Crippen LogP contribution is -2.10. The third-order valence-corrected chi connectivity index (χ3v) is 4.02. The Morgan fingerprint density at radius 2 is 2.12 bits per heavy atom. The molecule has 2 rings (SSSR count). The Labute approximate surface area is 113 Å². The van der Waals surface area contributed by atoms with E-state index >= 15 is 0 Å². The molecule has 1 aromatic carbocycles. The minimum atomic E-state index is -0.176. The van der Waals surface area contributed by atoms with Crippen molar-refractivity contribution in [3.63, 3.8) is 0 Å². The number of halogens is 2. The summed E-state index contributed by atoms with van der Waals surface area (Å²) in [6.07, 6.45) is 0. The van der Waals surface area contributed by atoms with Crippen LogP contribution in [0.1, 0.15) is 11.8 Å². The minimum absolute atomic E-state index is 0.176. The average Bonchev–Trinajstić information content (AvgIpc) is 2.78. The molecule has 2 aromatic rings. The maximum absolute atomic E-state index is 13.7. The first-order valence-corrected chi connectivity index (χ1v) is 7.06. The zero-order chi connectivity index (χ0) is 12.3. The monoisotopic (exact) mass is 313 g/mol. The summed E-state index contributed by atoms with van der Waals surface area (Å²) < 4.78 is 14.6. The van der Waals surface area contributed by atoms with E-state index in [-0.39, 0.29) is 5.82 Å². The number of rotatable bonds is 4. The van der Waals surface area contributed by atoms with E-state index in [0.717, 1.165) is 22.4 Å². The lowest BCUT2D eigenvalue weighted by molar-refractivity contribution is 0.631. The summed E-state index contributed by atoms with van der Waals surface area (Å²) in [5.74, 6) is -0.176. The number of benzene rings is 1. The second-order valence-electron chi connectivity index (χ2n) is 3.67. The molecule has 0 atom stereocenters. The lowest BCUT2D eigenvalue weighted by Gasteiger charge is -2.01. The van der Waals surface area contributed by atoms with Crippen LogP contribution in [-0.2, 0) is 6.54 Å². The van der Waals surface area contributed by atoms with Gasteiger partial charge in [-0.25, -0.2) is 4.39 Å². The van der Waals surface area contributed by atoms with Crippen LogP contribution in [0, 0.1) is 5.82 Å². The molecule has 0 aliphatic rings. The third kappa shape index (κ3) is 3.15. The number of thiophene rings is 1. The van der Waals surface area contributed by atoms with Gasteiger partial charge in [-0.15, -0.1) is 11.3 Å². The smallest absolute Gasteiger partial charge is 0.131 e. The van der Waals surface area contributed by atoms with E-state index in [2.05, 4.69) is 28.2 Å². The second-order valence-corrected chi connectivity index (χ2v) is 5.75. The Bertz CT molecular complexity index is 510. The summed E-state index contributed by atoms with van der Waals surface area (Å²) in [4.78, 5) is 2.19. The van der Waals surface area contributed by atoms with Crippen molar-refractivity contribution in [2.24, 2.45) is 0 Å². The van der Waals surface area contributed by atoms with E-state index in [0.29, 0.717) is 5.56 Å². The summed E-state index contributed by atoms with van der Waals surface area (Å²) in [5.41, 5.74) is 0.659. The molecule has 0 aliphatic carbocycles. The van der Waals surface area contributed by atoms with Crippen molar-refractivity contribution in [1.29, 1.82) is 0 Å². The molecule has 1 N–H and O–H groups in total. The molecular formula is C13H13BrFNS. The summed E-state index contributed by atoms with van der Waals surface area (Å²) >= 11 is 4.99. The van der Waals surface area contributed by atoms with Crippen molar-refractivity contribution in [3.05, 3.63) is 45.5 Å². The van der Waals surface area contributed by atoms with E-state index in [1.54, 1.807) is 17.4 Å². The molecule has 4 heteroatoms. The van der Waals surface area contributed by atoms with Crippen LogP contribution in [0.5, 0.6) is 0 Å². The molecule has 0 fully saturated rings. The SMILES string of the molecule is CCNCc1ccc(-c2cc(Br)ccc2F)s1. The Balaban J connectivity index is 2.27. The minimum Gasteiger partial charge on any atom is -0.312 e. The van der Waals surface area contributed by atoms with Gasteiger partial charge >= 0.3 is 0 Å². The molecule has 17 heavy (non-hydrogen) atoms. The van der Waals surface area contributed by atoms with E-state index < -0.39 is 0 Å². The highest BCUT2D eigenvalue weighted by atomic mass is 79.9. The van der Waals surface area contributed by atoms with Crippen LogP contribution < -0.4 is 5.32 Å². The van der Waals surface area contributed by atoms with Gasteiger partial charge in [0.1, 0.15) is 5.82 Å². The highest BCUT2D eigenvalue weighted by Gasteiger charge is 2.08. The van der Waals surface area contributed by atoms with E-state index in [1.165, 1.54) is 10.9 Å². The van der Waals surface area contributed by atoms with E-state index in [4.69, 9.17) is 0 Å². The predicted octanol–water partition coefficient (Wildman–Crippen LogP) is 4.43. The molecule has 1 nitrogen and oxygen atoms in total. The number of nitrogens with one attached hydrogen (secondary N) is 1. The molecule has 0 aliphatic heterocycles. The molecule has 0 saturated heterocycles. The van der Waals surface area contributed by atoms with Gasteiger partial charge in [0, 0.05) is 26.3 Å². The number of hydrogen-bond acceptors (Lipinski definition) is 2. The highest BCUT2D eigenvalue weighted by Crippen LogP contribution is 2.31. The molecule has 1 aromatic heterocycles. The van der Waals surface area contributed by atoms with Crippen LogP contribution in [0.25, 0.3) is 10.4 Å². The van der Waals surface area contributed by atoms with Crippen molar-refractivity contribution in [1.82, 2.24) is 5.32 Å². The van der Waals surface area contributed by atoms with Gasteiger partial charge < -0.3 is 5.32 Å².